The summed E-state index contributed by atoms with van der Waals surface area (Å²) in [7, 11) is 0. The molecule has 9 heteroatoms. The number of rotatable bonds is 6. The third-order valence-electron chi connectivity index (χ3n) is 5.21. The van der Waals surface area contributed by atoms with Crippen LogP contribution in [0.5, 0.6) is 11.5 Å². The van der Waals surface area contributed by atoms with Crippen LogP contribution >= 0.6 is 12.4 Å². The zero-order chi connectivity index (χ0) is 24.8. The van der Waals surface area contributed by atoms with E-state index < -0.39 is 55.1 Å². The van der Waals surface area contributed by atoms with Crippen LogP contribution in [0.2, 0.25) is 0 Å². The predicted octanol–water partition coefficient (Wildman–Crippen LogP) is 2.28. The number of aliphatic hydroxyl groups is 3. The molecule has 0 aromatic heterocycles. The monoisotopic (exact) mass is 461 g/mol. The third-order valence-corrected chi connectivity index (χ3v) is 5.21. The maximum Gasteiger partial charge on any atom is 0.129 e. The standard InChI is InChI=1S/C22H25F2NO5.ClH/c23-13-2-5-19-12(7-13)1-4-21(29-19)17(27)10-25-11-18(28)22-9-16(26)15-8-14(24)3-6-20(15)30-22;/h2-3,5-8,16-18,21-22,25-28H,1,4,9-11H2;1H/i10D2,11D2;. The van der Waals surface area contributed by atoms with Crippen molar-refractivity contribution in [3.63, 3.8) is 0 Å². The van der Waals surface area contributed by atoms with Gasteiger partial charge in [-0.05, 0) is 54.8 Å². The fourth-order valence-corrected chi connectivity index (χ4v) is 3.61. The van der Waals surface area contributed by atoms with E-state index in [1.54, 1.807) is 0 Å². The van der Waals surface area contributed by atoms with Crippen molar-refractivity contribution in [3.05, 3.63) is 59.2 Å². The van der Waals surface area contributed by atoms with Crippen molar-refractivity contribution in [1.82, 2.24) is 5.32 Å². The minimum absolute atomic E-state index is 0. The van der Waals surface area contributed by atoms with Gasteiger partial charge in [0, 0.05) is 30.5 Å². The number of nitrogens with one attached hydrogen (secondary N) is 1. The molecule has 31 heavy (non-hydrogen) atoms. The van der Waals surface area contributed by atoms with Gasteiger partial charge in [0.2, 0.25) is 0 Å². The van der Waals surface area contributed by atoms with Crippen molar-refractivity contribution >= 4 is 12.4 Å². The number of benzene rings is 2. The normalized spacial score (nSPS) is 26.8. The molecular formula is C22H26ClF2NO5. The van der Waals surface area contributed by atoms with E-state index in [9.17, 15) is 24.1 Å². The van der Waals surface area contributed by atoms with Crippen LogP contribution < -0.4 is 14.8 Å². The van der Waals surface area contributed by atoms with Crippen molar-refractivity contribution in [2.75, 3.05) is 13.0 Å². The zero-order valence-electron chi connectivity index (χ0n) is 20.3. The number of aliphatic hydroxyl groups excluding tert-OH is 3. The maximum atomic E-state index is 13.4. The molecule has 0 aliphatic carbocycles. The first-order valence-corrected chi connectivity index (χ1v) is 9.62. The molecule has 0 amide bonds. The van der Waals surface area contributed by atoms with Gasteiger partial charge in [0.1, 0.15) is 47.5 Å². The maximum absolute atomic E-state index is 13.4. The van der Waals surface area contributed by atoms with Crippen LogP contribution in [-0.2, 0) is 6.42 Å². The van der Waals surface area contributed by atoms with Crippen LogP contribution in [0.15, 0.2) is 36.4 Å². The summed E-state index contributed by atoms with van der Waals surface area (Å²) in [6.45, 7) is -5.55. The Hall–Kier alpha value is -1.97. The lowest BCUT2D eigenvalue weighted by Gasteiger charge is -2.33. The van der Waals surface area contributed by atoms with E-state index in [1.165, 1.54) is 24.3 Å². The number of fused-ring (bicyclic) bond motifs is 2. The fraction of sp³-hybridized carbons (Fsp3) is 0.455. The molecule has 0 spiro atoms. The molecule has 2 heterocycles. The number of ether oxygens (including phenoxy) is 2. The Morgan fingerprint density at radius 1 is 1.00 bits per heavy atom. The fourth-order valence-electron chi connectivity index (χ4n) is 3.61. The Kier molecular flexibility index (Phi) is 6.06. The molecule has 0 bridgehead atoms. The zero-order valence-corrected chi connectivity index (χ0v) is 17.1. The first-order chi connectivity index (χ1) is 15.9. The van der Waals surface area contributed by atoms with Crippen molar-refractivity contribution < 1.29 is 39.1 Å². The number of halogens is 3. The average molecular weight is 462 g/mol. The molecule has 2 aliphatic heterocycles. The highest BCUT2D eigenvalue weighted by atomic mass is 35.5. The summed E-state index contributed by atoms with van der Waals surface area (Å²) in [6, 6.07) is 7.29. The Labute approximate surface area is 190 Å². The number of aryl methyl sites for hydroxylation is 1. The van der Waals surface area contributed by atoms with Gasteiger partial charge in [-0.2, -0.15) is 0 Å². The Balaban J connectivity index is 0.00000342. The molecule has 5 unspecified atom stereocenters. The summed E-state index contributed by atoms with van der Waals surface area (Å²) in [4.78, 5) is 0. The van der Waals surface area contributed by atoms with Crippen molar-refractivity contribution in [1.29, 1.82) is 0 Å². The quantitative estimate of drug-likeness (QED) is 0.527. The van der Waals surface area contributed by atoms with Crippen molar-refractivity contribution in [3.8, 4) is 11.5 Å². The highest BCUT2D eigenvalue weighted by Gasteiger charge is 2.32. The summed E-state index contributed by atoms with van der Waals surface area (Å²) in [5.41, 5.74) is 0.744. The lowest BCUT2D eigenvalue weighted by atomic mass is 9.96. The van der Waals surface area contributed by atoms with Crippen molar-refractivity contribution in [2.45, 2.75) is 49.8 Å². The first-order valence-electron chi connectivity index (χ1n) is 11.6. The molecule has 5 atom stereocenters. The van der Waals surface area contributed by atoms with E-state index in [0.29, 0.717) is 17.7 Å². The second kappa shape index (κ2) is 10.1. The van der Waals surface area contributed by atoms with Crippen molar-refractivity contribution in [2.24, 2.45) is 0 Å². The summed E-state index contributed by atoms with van der Waals surface area (Å²) >= 11 is 0. The molecule has 2 aliphatic rings. The van der Waals surface area contributed by atoms with Gasteiger partial charge in [0.25, 0.3) is 0 Å². The first kappa shape index (κ1) is 18.6. The molecule has 0 saturated carbocycles. The van der Waals surface area contributed by atoms with Crippen LogP contribution in [0, 0.1) is 11.6 Å². The molecule has 2 aromatic rings. The lowest BCUT2D eigenvalue weighted by molar-refractivity contribution is -0.0175. The Morgan fingerprint density at radius 2 is 1.61 bits per heavy atom. The molecule has 4 rings (SSSR count). The van der Waals surface area contributed by atoms with E-state index in [1.807, 2.05) is 5.32 Å². The van der Waals surface area contributed by atoms with Gasteiger partial charge >= 0.3 is 0 Å². The van der Waals surface area contributed by atoms with E-state index in [4.69, 9.17) is 15.0 Å². The summed E-state index contributed by atoms with van der Waals surface area (Å²) in [6.07, 6.45) is -7.13. The van der Waals surface area contributed by atoms with Gasteiger partial charge in [-0.1, -0.05) is 0 Å². The van der Waals surface area contributed by atoms with Gasteiger partial charge in [-0.25, -0.2) is 8.78 Å². The molecule has 0 radical (unpaired) electrons. The molecular weight excluding hydrogens is 432 g/mol. The van der Waals surface area contributed by atoms with Gasteiger partial charge in [0.05, 0.1) is 6.10 Å². The molecule has 2 aromatic carbocycles. The van der Waals surface area contributed by atoms with Gasteiger partial charge < -0.3 is 30.1 Å². The SMILES string of the molecule is Cl.[2H]C([2H])(NC([2H])([2H])C(O)C1CC(O)c2cc(F)ccc2O1)C(O)C1CCc2cc(F)ccc2O1. The molecule has 4 N–H and O–H groups in total. The average Bonchev–Trinajstić information content (AvgIpc) is 2.77. The van der Waals surface area contributed by atoms with Gasteiger partial charge in [-0.3, -0.25) is 0 Å². The van der Waals surface area contributed by atoms with Gasteiger partial charge in [0.15, 0.2) is 0 Å². The topological polar surface area (TPSA) is 91.2 Å². The third kappa shape index (κ3) is 5.45. The summed E-state index contributed by atoms with van der Waals surface area (Å²) < 4.78 is 70.9. The molecule has 6 nitrogen and oxygen atoms in total. The molecule has 0 fully saturated rings. The Morgan fingerprint density at radius 3 is 2.35 bits per heavy atom. The van der Waals surface area contributed by atoms with E-state index in [-0.39, 0.29) is 36.6 Å². The number of hydrogen-bond donors (Lipinski definition) is 4. The largest absolute Gasteiger partial charge is 0.487 e. The summed E-state index contributed by atoms with van der Waals surface area (Å²) in [5, 5.41) is 33.6. The highest BCUT2D eigenvalue weighted by molar-refractivity contribution is 5.85. The minimum atomic E-state index is -2.80. The van der Waals surface area contributed by atoms with Crippen LogP contribution in [0.4, 0.5) is 8.78 Å². The van der Waals surface area contributed by atoms with Crippen LogP contribution in [0.25, 0.3) is 0 Å². The van der Waals surface area contributed by atoms with Crippen LogP contribution in [0.1, 0.15) is 35.6 Å². The summed E-state index contributed by atoms with van der Waals surface area (Å²) in [5.74, 6) is -0.649. The van der Waals surface area contributed by atoms with Crippen LogP contribution in [0.3, 0.4) is 0 Å². The minimum Gasteiger partial charge on any atom is -0.487 e. The lowest BCUT2D eigenvalue weighted by Crippen LogP contribution is -2.46. The van der Waals surface area contributed by atoms with E-state index >= 15 is 0 Å². The van der Waals surface area contributed by atoms with Crippen LogP contribution in [-0.4, -0.2) is 52.7 Å². The highest BCUT2D eigenvalue weighted by Crippen LogP contribution is 2.36. The van der Waals surface area contributed by atoms with E-state index in [2.05, 4.69) is 0 Å². The molecule has 0 saturated heterocycles. The van der Waals surface area contributed by atoms with Gasteiger partial charge in [-0.15, -0.1) is 12.4 Å². The predicted molar refractivity (Wildman–Crippen MR) is 112 cm³/mol. The van der Waals surface area contributed by atoms with E-state index in [0.717, 1.165) is 12.1 Å². The Bertz CT molecular complexity index is 1070. The smallest absolute Gasteiger partial charge is 0.129 e. The second-order valence-electron chi connectivity index (χ2n) is 7.34. The second-order valence-corrected chi connectivity index (χ2v) is 7.34. The number of hydrogen-bond acceptors (Lipinski definition) is 6. The molecule has 170 valence electrons.